The summed E-state index contributed by atoms with van der Waals surface area (Å²) >= 11 is 0. The number of hydrogen-bond donors (Lipinski definition) is 3. The molecule has 0 unspecified atom stereocenters. The van der Waals surface area contributed by atoms with E-state index in [0.717, 1.165) is 6.42 Å². The average Bonchev–Trinajstić information content (AvgIpc) is 1.97. The van der Waals surface area contributed by atoms with E-state index in [1.54, 1.807) is 0 Å². The first-order valence-corrected chi connectivity index (χ1v) is 3.79. The molecular formula is C7H15NO3. The van der Waals surface area contributed by atoms with Gasteiger partial charge < -0.3 is 15.5 Å². The van der Waals surface area contributed by atoms with Crippen molar-refractivity contribution in [3.8, 4) is 0 Å². The van der Waals surface area contributed by atoms with E-state index in [1.165, 1.54) is 0 Å². The normalized spacial score (nSPS) is 12.9. The third-order valence-corrected chi connectivity index (χ3v) is 1.38. The van der Waals surface area contributed by atoms with Gasteiger partial charge in [-0.15, -0.1) is 0 Å². The molecule has 0 spiro atoms. The second-order valence-electron chi connectivity index (χ2n) is 2.36. The number of nitrogens with one attached hydrogen (secondary N) is 1. The number of carbonyl (C=O) groups is 1. The summed E-state index contributed by atoms with van der Waals surface area (Å²) in [7, 11) is 0. The van der Waals surface area contributed by atoms with Gasteiger partial charge in [0, 0.05) is 6.54 Å². The Morgan fingerprint density at radius 3 is 2.64 bits per heavy atom. The minimum atomic E-state index is -0.847. The zero-order chi connectivity index (χ0) is 8.69. The van der Waals surface area contributed by atoms with E-state index in [2.05, 4.69) is 5.32 Å². The summed E-state index contributed by atoms with van der Waals surface area (Å²) in [5.41, 5.74) is 0. The molecule has 0 aromatic rings. The smallest absolute Gasteiger partial charge is 0.320 e. The zero-order valence-electron chi connectivity index (χ0n) is 6.71. The molecule has 11 heavy (non-hydrogen) atoms. The molecule has 0 fully saturated rings. The minimum Gasteiger partial charge on any atom is -0.480 e. The highest BCUT2D eigenvalue weighted by atomic mass is 16.4. The Bertz CT molecular complexity index is 116. The number of rotatable bonds is 6. The average molecular weight is 161 g/mol. The molecule has 0 aromatic heterocycles. The molecule has 0 rings (SSSR count). The van der Waals surface area contributed by atoms with Crippen LogP contribution in [-0.2, 0) is 4.79 Å². The van der Waals surface area contributed by atoms with Crippen LogP contribution >= 0.6 is 0 Å². The first-order valence-electron chi connectivity index (χ1n) is 3.79. The molecule has 4 heteroatoms. The van der Waals surface area contributed by atoms with E-state index < -0.39 is 12.0 Å². The van der Waals surface area contributed by atoms with Gasteiger partial charge in [0.2, 0.25) is 0 Å². The van der Waals surface area contributed by atoms with Crippen LogP contribution in [0.5, 0.6) is 0 Å². The maximum absolute atomic E-state index is 10.5. The van der Waals surface area contributed by atoms with Crippen LogP contribution in [0.4, 0.5) is 0 Å². The van der Waals surface area contributed by atoms with Gasteiger partial charge in [-0.05, 0) is 6.42 Å². The lowest BCUT2D eigenvalue weighted by molar-refractivity contribution is -0.139. The van der Waals surface area contributed by atoms with Gasteiger partial charge in [-0.1, -0.05) is 13.3 Å². The molecule has 0 aliphatic heterocycles. The second-order valence-corrected chi connectivity index (χ2v) is 2.36. The van der Waals surface area contributed by atoms with Crippen molar-refractivity contribution in [2.75, 3.05) is 13.2 Å². The van der Waals surface area contributed by atoms with Crippen LogP contribution in [0.15, 0.2) is 0 Å². The summed E-state index contributed by atoms with van der Waals surface area (Å²) in [5, 5.41) is 19.7. The summed E-state index contributed by atoms with van der Waals surface area (Å²) in [6.45, 7) is 2.25. The molecule has 0 aromatic carbocycles. The molecule has 0 saturated carbocycles. The van der Waals surface area contributed by atoms with Crippen molar-refractivity contribution in [1.29, 1.82) is 0 Å². The van der Waals surface area contributed by atoms with Gasteiger partial charge in [-0.2, -0.15) is 0 Å². The lowest BCUT2D eigenvalue weighted by Gasteiger charge is -2.11. The largest absolute Gasteiger partial charge is 0.480 e. The predicted octanol–water partition coefficient (Wildman–Crippen LogP) is -0.178. The van der Waals surface area contributed by atoms with Gasteiger partial charge in [-0.25, -0.2) is 0 Å². The molecule has 0 radical (unpaired) electrons. The van der Waals surface area contributed by atoms with Gasteiger partial charge >= 0.3 is 5.97 Å². The summed E-state index contributed by atoms with van der Waals surface area (Å²) in [6.07, 6.45) is 1.44. The topological polar surface area (TPSA) is 69.6 Å². The van der Waals surface area contributed by atoms with Gasteiger partial charge in [0.15, 0.2) is 0 Å². The van der Waals surface area contributed by atoms with Crippen molar-refractivity contribution >= 4 is 5.97 Å². The Kier molecular flexibility index (Phi) is 5.78. The molecule has 4 nitrogen and oxygen atoms in total. The van der Waals surface area contributed by atoms with Crippen molar-refractivity contribution in [2.45, 2.75) is 25.8 Å². The quantitative estimate of drug-likeness (QED) is 0.505. The Morgan fingerprint density at radius 1 is 1.64 bits per heavy atom. The highest BCUT2D eigenvalue weighted by Gasteiger charge is 2.13. The molecule has 66 valence electrons. The fraction of sp³-hybridized carbons (Fsp3) is 0.857. The highest BCUT2D eigenvalue weighted by molar-refractivity contribution is 5.73. The lowest BCUT2D eigenvalue weighted by atomic mass is 10.2. The maximum Gasteiger partial charge on any atom is 0.320 e. The van der Waals surface area contributed by atoms with Crippen molar-refractivity contribution in [3.05, 3.63) is 0 Å². The number of aliphatic hydroxyl groups is 1. The third-order valence-electron chi connectivity index (χ3n) is 1.38. The fourth-order valence-corrected chi connectivity index (χ4v) is 0.840. The van der Waals surface area contributed by atoms with E-state index in [-0.39, 0.29) is 6.61 Å². The molecule has 0 aliphatic carbocycles. The predicted molar refractivity (Wildman–Crippen MR) is 41.4 cm³/mol. The van der Waals surface area contributed by atoms with Crippen LogP contribution in [0, 0.1) is 0 Å². The van der Waals surface area contributed by atoms with Crippen LogP contribution in [0.3, 0.4) is 0 Å². The van der Waals surface area contributed by atoms with Crippen molar-refractivity contribution in [2.24, 2.45) is 0 Å². The SMILES string of the molecule is CCC[C@H](NCCO)C(=O)O. The number of carboxylic acid groups (broad SMARTS) is 1. The maximum atomic E-state index is 10.5. The number of hydrogen-bond acceptors (Lipinski definition) is 3. The molecule has 0 amide bonds. The molecule has 0 aliphatic rings. The van der Waals surface area contributed by atoms with E-state index in [1.807, 2.05) is 6.92 Å². The van der Waals surface area contributed by atoms with Crippen LogP contribution in [0.25, 0.3) is 0 Å². The molecule has 0 bridgehead atoms. The first-order chi connectivity index (χ1) is 5.22. The molecule has 3 N–H and O–H groups in total. The summed E-state index contributed by atoms with van der Waals surface area (Å²) in [6, 6.07) is -0.507. The summed E-state index contributed by atoms with van der Waals surface area (Å²) in [5.74, 6) is -0.847. The monoisotopic (exact) mass is 161 g/mol. The van der Waals surface area contributed by atoms with Crippen molar-refractivity contribution in [1.82, 2.24) is 5.32 Å². The van der Waals surface area contributed by atoms with Gasteiger partial charge in [-0.3, -0.25) is 4.79 Å². The number of aliphatic hydroxyl groups excluding tert-OH is 1. The van der Waals surface area contributed by atoms with Gasteiger partial charge in [0.05, 0.1) is 6.61 Å². The lowest BCUT2D eigenvalue weighted by Crippen LogP contribution is -2.38. The Morgan fingerprint density at radius 2 is 2.27 bits per heavy atom. The molecular weight excluding hydrogens is 146 g/mol. The molecule has 0 saturated heterocycles. The molecule has 0 heterocycles. The number of aliphatic carboxylic acids is 1. The van der Waals surface area contributed by atoms with Gasteiger partial charge in [0.25, 0.3) is 0 Å². The molecule has 1 atom stereocenters. The Hall–Kier alpha value is -0.610. The van der Waals surface area contributed by atoms with Crippen LogP contribution < -0.4 is 5.32 Å². The first kappa shape index (κ1) is 10.4. The summed E-state index contributed by atoms with van der Waals surface area (Å²) < 4.78 is 0. The standard InChI is InChI=1S/C7H15NO3/c1-2-3-6(7(10)11)8-4-5-9/h6,8-9H,2-5H2,1H3,(H,10,11)/t6-/m0/s1. The van der Waals surface area contributed by atoms with Crippen LogP contribution in [0.2, 0.25) is 0 Å². The Balaban J connectivity index is 3.60. The fourth-order valence-electron chi connectivity index (χ4n) is 0.840. The van der Waals surface area contributed by atoms with Crippen LogP contribution in [-0.4, -0.2) is 35.4 Å². The Labute approximate surface area is 66.2 Å². The zero-order valence-corrected chi connectivity index (χ0v) is 6.71. The summed E-state index contributed by atoms with van der Waals surface area (Å²) in [4.78, 5) is 10.5. The minimum absolute atomic E-state index is 0.0203. The van der Waals surface area contributed by atoms with Gasteiger partial charge in [0.1, 0.15) is 6.04 Å². The van der Waals surface area contributed by atoms with E-state index in [0.29, 0.717) is 13.0 Å². The number of carboxylic acids is 1. The highest BCUT2D eigenvalue weighted by Crippen LogP contribution is 1.95. The van der Waals surface area contributed by atoms with Crippen LogP contribution in [0.1, 0.15) is 19.8 Å². The van der Waals surface area contributed by atoms with E-state index in [4.69, 9.17) is 10.2 Å². The van der Waals surface area contributed by atoms with Crippen molar-refractivity contribution < 1.29 is 15.0 Å². The second kappa shape index (κ2) is 6.12. The third kappa shape index (κ3) is 4.75. The van der Waals surface area contributed by atoms with Crippen molar-refractivity contribution in [3.63, 3.8) is 0 Å². The van der Waals surface area contributed by atoms with E-state index in [9.17, 15) is 4.79 Å². The van der Waals surface area contributed by atoms with E-state index >= 15 is 0 Å².